The van der Waals surface area contributed by atoms with Crippen LogP contribution in [0.4, 0.5) is 0 Å². The lowest BCUT2D eigenvalue weighted by Crippen LogP contribution is -2.31. The van der Waals surface area contributed by atoms with E-state index in [-0.39, 0.29) is 5.91 Å². The Kier molecular flexibility index (Phi) is 5.16. The molecule has 6 heteroatoms. The van der Waals surface area contributed by atoms with Crippen molar-refractivity contribution in [3.05, 3.63) is 45.4 Å². The lowest BCUT2D eigenvalue weighted by atomic mass is 10.0. The molecule has 0 saturated heterocycles. The van der Waals surface area contributed by atoms with E-state index in [1.165, 1.54) is 28.3 Å². The van der Waals surface area contributed by atoms with Gasteiger partial charge >= 0.3 is 0 Å². The number of aromatic nitrogens is 1. The van der Waals surface area contributed by atoms with E-state index in [4.69, 9.17) is 4.74 Å². The summed E-state index contributed by atoms with van der Waals surface area (Å²) in [6.45, 7) is 0.428. The van der Waals surface area contributed by atoms with Crippen molar-refractivity contribution in [2.75, 3.05) is 14.2 Å². The molecule has 128 valence electrons. The molecule has 1 atom stereocenters. The van der Waals surface area contributed by atoms with Crippen LogP contribution in [0.3, 0.4) is 0 Å². The summed E-state index contributed by atoms with van der Waals surface area (Å²) in [5, 5.41) is 11.3. The molecule has 5 nitrogen and oxygen atoms in total. The first kappa shape index (κ1) is 16.9. The molecule has 1 N–H and O–H groups in total. The second-order valence-corrected chi connectivity index (χ2v) is 7.23. The zero-order valence-corrected chi connectivity index (χ0v) is 14.8. The van der Waals surface area contributed by atoms with Gasteiger partial charge in [-0.2, -0.15) is 0 Å². The maximum atomic E-state index is 12.5. The van der Waals surface area contributed by atoms with Crippen LogP contribution in [0.2, 0.25) is 0 Å². The average Bonchev–Trinajstić information content (AvgIpc) is 3.02. The SMILES string of the molecule is COc1cccc(C(O)C(=O)N(C)Cc2nc3c(s2)CCCC3)c1. The molecule has 1 heterocycles. The molecular weight excluding hydrogens is 324 g/mol. The molecule has 1 aliphatic carbocycles. The largest absolute Gasteiger partial charge is 0.497 e. The van der Waals surface area contributed by atoms with Crippen LogP contribution in [0.25, 0.3) is 0 Å². The molecule has 0 bridgehead atoms. The number of carbonyl (C=O) groups is 1. The number of ether oxygens (including phenoxy) is 1. The highest BCUT2D eigenvalue weighted by Gasteiger charge is 2.23. The van der Waals surface area contributed by atoms with Crippen LogP contribution in [-0.4, -0.2) is 35.1 Å². The van der Waals surface area contributed by atoms with Gasteiger partial charge in [0.1, 0.15) is 10.8 Å². The van der Waals surface area contributed by atoms with Crippen LogP contribution >= 0.6 is 11.3 Å². The van der Waals surface area contributed by atoms with Crippen LogP contribution in [0, 0.1) is 0 Å². The van der Waals surface area contributed by atoms with Gasteiger partial charge in [-0.25, -0.2) is 4.98 Å². The molecule has 0 fully saturated rings. The summed E-state index contributed by atoms with van der Waals surface area (Å²) in [6.07, 6.45) is 3.35. The van der Waals surface area contributed by atoms with E-state index in [1.807, 2.05) is 0 Å². The number of aliphatic hydroxyl groups is 1. The van der Waals surface area contributed by atoms with Crippen LogP contribution in [-0.2, 0) is 24.2 Å². The first-order valence-electron chi connectivity index (χ1n) is 8.13. The smallest absolute Gasteiger partial charge is 0.256 e. The van der Waals surface area contributed by atoms with Crippen LogP contribution in [0.15, 0.2) is 24.3 Å². The molecule has 0 saturated carbocycles. The quantitative estimate of drug-likeness (QED) is 0.904. The van der Waals surface area contributed by atoms with E-state index >= 15 is 0 Å². The molecular formula is C18H22N2O3S. The number of benzene rings is 1. The Hall–Kier alpha value is -1.92. The van der Waals surface area contributed by atoms with E-state index in [2.05, 4.69) is 4.98 Å². The molecule has 0 aliphatic heterocycles. The van der Waals surface area contributed by atoms with E-state index in [9.17, 15) is 9.90 Å². The van der Waals surface area contributed by atoms with Crippen molar-refractivity contribution in [2.24, 2.45) is 0 Å². The third-order valence-corrected chi connectivity index (χ3v) is 5.42. The summed E-state index contributed by atoms with van der Waals surface area (Å²) < 4.78 is 5.14. The number of rotatable bonds is 5. The molecule has 0 spiro atoms. The highest BCUT2D eigenvalue weighted by molar-refractivity contribution is 7.11. The van der Waals surface area contributed by atoms with Crippen LogP contribution < -0.4 is 4.74 Å². The second kappa shape index (κ2) is 7.32. The molecule has 1 aromatic heterocycles. The molecule has 2 aromatic rings. The Morgan fingerprint density at radius 3 is 2.96 bits per heavy atom. The van der Waals surface area contributed by atoms with Crippen molar-refractivity contribution >= 4 is 17.2 Å². The molecule has 1 amide bonds. The average molecular weight is 346 g/mol. The fourth-order valence-corrected chi connectivity index (χ4v) is 4.13. The highest BCUT2D eigenvalue weighted by Crippen LogP contribution is 2.28. The highest BCUT2D eigenvalue weighted by atomic mass is 32.1. The summed E-state index contributed by atoms with van der Waals surface area (Å²) in [4.78, 5) is 20.0. The van der Waals surface area contributed by atoms with Crippen molar-refractivity contribution in [3.8, 4) is 5.75 Å². The molecule has 1 unspecified atom stereocenters. The van der Waals surface area contributed by atoms with Crippen molar-refractivity contribution in [2.45, 2.75) is 38.3 Å². The number of hydrogen-bond acceptors (Lipinski definition) is 5. The monoisotopic (exact) mass is 346 g/mol. The van der Waals surface area contributed by atoms with Gasteiger partial charge in [0.05, 0.1) is 19.3 Å². The number of thiazole rings is 1. The third-order valence-electron chi connectivity index (χ3n) is 4.28. The topological polar surface area (TPSA) is 62.7 Å². The van der Waals surface area contributed by atoms with E-state index < -0.39 is 6.10 Å². The zero-order valence-electron chi connectivity index (χ0n) is 14.0. The van der Waals surface area contributed by atoms with E-state index in [0.717, 1.165) is 17.8 Å². The van der Waals surface area contributed by atoms with Crippen LogP contribution in [0.5, 0.6) is 5.75 Å². The number of aryl methyl sites for hydroxylation is 2. The fourth-order valence-electron chi connectivity index (χ4n) is 2.92. The summed E-state index contributed by atoms with van der Waals surface area (Å²) >= 11 is 1.69. The van der Waals surface area contributed by atoms with Crippen molar-refractivity contribution < 1.29 is 14.6 Å². The number of nitrogens with zero attached hydrogens (tertiary/aromatic N) is 2. The van der Waals surface area contributed by atoms with Gasteiger partial charge in [0, 0.05) is 11.9 Å². The summed E-state index contributed by atoms with van der Waals surface area (Å²) in [5.74, 6) is 0.283. The maximum Gasteiger partial charge on any atom is 0.256 e. The predicted octanol–water partition coefficient (Wildman–Crippen LogP) is 2.72. The summed E-state index contributed by atoms with van der Waals surface area (Å²) in [5.41, 5.74) is 1.72. The third kappa shape index (κ3) is 3.60. The zero-order chi connectivity index (χ0) is 17.1. The maximum absolute atomic E-state index is 12.5. The molecule has 0 radical (unpaired) electrons. The normalized spacial score (nSPS) is 14.8. The Morgan fingerprint density at radius 1 is 1.42 bits per heavy atom. The number of hydrogen-bond donors (Lipinski definition) is 1. The van der Waals surface area contributed by atoms with Crippen molar-refractivity contribution in [3.63, 3.8) is 0 Å². The van der Waals surface area contributed by atoms with Crippen molar-refractivity contribution in [1.82, 2.24) is 9.88 Å². The minimum absolute atomic E-state index is 0.337. The van der Waals surface area contributed by atoms with Crippen LogP contribution in [0.1, 0.15) is 40.1 Å². The number of likely N-dealkylation sites (N-methyl/N-ethyl adjacent to an activating group) is 1. The van der Waals surface area contributed by atoms with E-state index in [1.54, 1.807) is 49.8 Å². The van der Waals surface area contributed by atoms with Crippen molar-refractivity contribution in [1.29, 1.82) is 0 Å². The number of carbonyl (C=O) groups excluding carboxylic acids is 1. The summed E-state index contributed by atoms with van der Waals surface area (Å²) in [7, 11) is 3.26. The number of fused-ring (bicyclic) bond motifs is 1. The molecule has 3 rings (SSSR count). The first-order chi connectivity index (χ1) is 11.6. The fraction of sp³-hybridized carbons (Fsp3) is 0.444. The number of aliphatic hydroxyl groups excluding tert-OH is 1. The Balaban J connectivity index is 1.68. The van der Waals surface area contributed by atoms with Gasteiger partial charge in [-0.1, -0.05) is 12.1 Å². The summed E-state index contributed by atoms with van der Waals surface area (Å²) in [6, 6.07) is 6.95. The standard InChI is InChI=1S/C18H22N2O3S/c1-20(11-16-19-14-8-3-4-9-15(14)24-16)18(22)17(21)12-6-5-7-13(10-12)23-2/h5-7,10,17,21H,3-4,8-9,11H2,1-2H3. The van der Waals surface area contributed by atoms with E-state index in [0.29, 0.717) is 17.9 Å². The minimum Gasteiger partial charge on any atom is -0.497 e. The van der Waals surface area contributed by atoms with Gasteiger partial charge in [0.25, 0.3) is 5.91 Å². The number of methoxy groups -OCH3 is 1. The van der Waals surface area contributed by atoms with Gasteiger partial charge in [0.2, 0.25) is 0 Å². The molecule has 1 aromatic carbocycles. The van der Waals surface area contributed by atoms with Gasteiger partial charge in [-0.3, -0.25) is 4.79 Å². The Labute approximate surface area is 145 Å². The predicted molar refractivity (Wildman–Crippen MR) is 93.2 cm³/mol. The van der Waals surface area contributed by atoms with Gasteiger partial charge < -0.3 is 14.7 Å². The Bertz CT molecular complexity index is 705. The lowest BCUT2D eigenvalue weighted by Gasteiger charge is -2.20. The number of amides is 1. The van der Waals surface area contributed by atoms with Gasteiger partial charge in [0.15, 0.2) is 6.10 Å². The van der Waals surface area contributed by atoms with Gasteiger partial charge in [-0.15, -0.1) is 11.3 Å². The molecule has 24 heavy (non-hydrogen) atoms. The first-order valence-corrected chi connectivity index (χ1v) is 8.94. The lowest BCUT2D eigenvalue weighted by molar-refractivity contribution is -0.139. The molecule has 1 aliphatic rings. The Morgan fingerprint density at radius 2 is 2.21 bits per heavy atom. The minimum atomic E-state index is -1.19. The van der Waals surface area contributed by atoms with Gasteiger partial charge in [-0.05, 0) is 43.4 Å². The second-order valence-electron chi connectivity index (χ2n) is 6.06.